The second-order valence-electron chi connectivity index (χ2n) is 4.60. The fourth-order valence-electron chi connectivity index (χ4n) is 1.54. The van der Waals surface area contributed by atoms with Gasteiger partial charge in [0.25, 0.3) is 0 Å². The number of ether oxygens (including phenoxy) is 1. The second kappa shape index (κ2) is 6.18. The predicted molar refractivity (Wildman–Crippen MR) is 73.0 cm³/mol. The number of amides is 1. The van der Waals surface area contributed by atoms with Crippen LogP contribution in [0.4, 0.5) is 0 Å². The lowest BCUT2D eigenvalue weighted by molar-refractivity contribution is -0.124. The average molecular weight is 275 g/mol. The normalized spacial score (nSPS) is 10.6. The lowest BCUT2D eigenvalue weighted by atomic mass is 10.2. The van der Waals surface area contributed by atoms with E-state index in [0.717, 1.165) is 11.3 Å². The summed E-state index contributed by atoms with van der Waals surface area (Å²) in [5.41, 5.74) is 0.805. The quantitative estimate of drug-likeness (QED) is 0.903. The minimum Gasteiger partial charge on any atom is -0.497 e. The third-order valence-corrected chi connectivity index (χ3v) is 2.74. The van der Waals surface area contributed by atoms with E-state index in [1.54, 1.807) is 7.11 Å². The molecule has 2 aromatic rings. The van der Waals surface area contributed by atoms with Gasteiger partial charge in [-0.05, 0) is 24.3 Å². The van der Waals surface area contributed by atoms with Gasteiger partial charge in [-0.2, -0.15) is 0 Å². The van der Waals surface area contributed by atoms with Crippen molar-refractivity contribution < 1.29 is 13.9 Å². The van der Waals surface area contributed by atoms with Crippen LogP contribution in [0.3, 0.4) is 0 Å². The lowest BCUT2D eigenvalue weighted by Gasteiger charge is -2.04. The third kappa shape index (κ3) is 3.34. The highest BCUT2D eigenvalue weighted by atomic mass is 16.5. The molecule has 1 aromatic carbocycles. The molecule has 0 saturated carbocycles. The first-order chi connectivity index (χ1) is 9.60. The molecule has 2 rings (SSSR count). The van der Waals surface area contributed by atoms with Gasteiger partial charge in [-0.1, -0.05) is 13.8 Å². The number of benzene rings is 1. The summed E-state index contributed by atoms with van der Waals surface area (Å²) in [5.74, 6) is 1.44. The zero-order valence-corrected chi connectivity index (χ0v) is 11.7. The van der Waals surface area contributed by atoms with E-state index in [1.165, 1.54) is 0 Å². The minimum atomic E-state index is -0.0704. The van der Waals surface area contributed by atoms with Crippen LogP contribution >= 0.6 is 0 Å². The Bertz CT molecular complexity index is 576. The van der Waals surface area contributed by atoms with Crippen molar-refractivity contribution in [1.29, 1.82) is 0 Å². The maximum Gasteiger partial charge on any atom is 0.247 e. The summed E-state index contributed by atoms with van der Waals surface area (Å²) in [7, 11) is 1.61. The zero-order chi connectivity index (χ0) is 14.5. The summed E-state index contributed by atoms with van der Waals surface area (Å²) < 4.78 is 10.6. The molecular weight excluding hydrogens is 258 g/mol. The summed E-state index contributed by atoms with van der Waals surface area (Å²) in [4.78, 5) is 11.4. The monoisotopic (exact) mass is 275 g/mol. The number of hydrogen-bond acceptors (Lipinski definition) is 5. The van der Waals surface area contributed by atoms with Crippen LogP contribution in [0, 0.1) is 5.92 Å². The van der Waals surface area contributed by atoms with Gasteiger partial charge in [0.1, 0.15) is 5.75 Å². The number of methoxy groups -OCH3 is 1. The van der Waals surface area contributed by atoms with Crippen LogP contribution < -0.4 is 10.1 Å². The molecule has 6 heteroatoms. The van der Waals surface area contributed by atoms with Crippen LogP contribution in [0.1, 0.15) is 19.7 Å². The van der Waals surface area contributed by atoms with Gasteiger partial charge in [0.15, 0.2) is 0 Å². The Morgan fingerprint density at radius 2 is 2.00 bits per heavy atom. The molecule has 1 amide bonds. The molecule has 0 saturated heterocycles. The van der Waals surface area contributed by atoms with Crippen LogP contribution in [-0.2, 0) is 11.3 Å². The van der Waals surface area contributed by atoms with E-state index in [-0.39, 0.29) is 18.4 Å². The largest absolute Gasteiger partial charge is 0.497 e. The first kappa shape index (κ1) is 14.0. The molecule has 0 aliphatic rings. The topological polar surface area (TPSA) is 77.3 Å². The summed E-state index contributed by atoms with van der Waals surface area (Å²) in [6, 6.07) is 7.31. The molecule has 6 nitrogen and oxygen atoms in total. The van der Waals surface area contributed by atoms with Gasteiger partial charge in [0.05, 0.1) is 13.7 Å². The molecule has 0 bridgehead atoms. The SMILES string of the molecule is COc1ccc(-c2nnc(CNC(=O)C(C)C)o2)cc1. The molecule has 1 N–H and O–H groups in total. The third-order valence-electron chi connectivity index (χ3n) is 2.74. The average Bonchev–Trinajstić information content (AvgIpc) is 2.93. The van der Waals surface area contributed by atoms with E-state index < -0.39 is 0 Å². The molecule has 0 fully saturated rings. The molecule has 0 atom stereocenters. The van der Waals surface area contributed by atoms with Crippen molar-refractivity contribution in [3.8, 4) is 17.2 Å². The Morgan fingerprint density at radius 3 is 2.60 bits per heavy atom. The maximum absolute atomic E-state index is 11.4. The summed E-state index contributed by atoms with van der Waals surface area (Å²) in [5, 5.41) is 10.6. The van der Waals surface area contributed by atoms with Crippen molar-refractivity contribution in [2.75, 3.05) is 7.11 Å². The molecule has 20 heavy (non-hydrogen) atoms. The highest BCUT2D eigenvalue weighted by Crippen LogP contribution is 2.20. The molecule has 1 heterocycles. The number of carbonyl (C=O) groups excluding carboxylic acids is 1. The highest BCUT2D eigenvalue weighted by molar-refractivity contribution is 5.77. The van der Waals surface area contributed by atoms with E-state index in [4.69, 9.17) is 9.15 Å². The van der Waals surface area contributed by atoms with Crippen molar-refractivity contribution in [3.05, 3.63) is 30.2 Å². The van der Waals surface area contributed by atoms with Crippen molar-refractivity contribution in [1.82, 2.24) is 15.5 Å². The van der Waals surface area contributed by atoms with Crippen LogP contribution in [-0.4, -0.2) is 23.2 Å². The fourth-order valence-corrected chi connectivity index (χ4v) is 1.54. The molecule has 0 radical (unpaired) electrons. The standard InChI is InChI=1S/C14H17N3O3/c1-9(2)13(18)15-8-12-16-17-14(20-12)10-4-6-11(19-3)7-5-10/h4-7,9H,8H2,1-3H3,(H,15,18). The molecular formula is C14H17N3O3. The first-order valence-corrected chi connectivity index (χ1v) is 6.34. The first-order valence-electron chi connectivity index (χ1n) is 6.34. The summed E-state index contributed by atoms with van der Waals surface area (Å²) >= 11 is 0. The van der Waals surface area contributed by atoms with Gasteiger partial charge in [0, 0.05) is 11.5 Å². The van der Waals surface area contributed by atoms with E-state index >= 15 is 0 Å². The number of nitrogens with one attached hydrogen (secondary N) is 1. The molecule has 0 aliphatic heterocycles. The van der Waals surface area contributed by atoms with Crippen molar-refractivity contribution in [2.45, 2.75) is 20.4 Å². The Labute approximate surface area is 117 Å². The number of hydrogen-bond donors (Lipinski definition) is 1. The molecule has 1 aromatic heterocycles. The number of aromatic nitrogens is 2. The van der Waals surface area contributed by atoms with Gasteiger partial charge in [-0.25, -0.2) is 0 Å². The predicted octanol–water partition coefficient (Wildman–Crippen LogP) is 2.02. The van der Waals surface area contributed by atoms with Gasteiger partial charge < -0.3 is 14.5 Å². The smallest absolute Gasteiger partial charge is 0.247 e. The summed E-state index contributed by atoms with van der Waals surface area (Å²) in [6.45, 7) is 3.89. The lowest BCUT2D eigenvalue weighted by Crippen LogP contribution is -2.27. The van der Waals surface area contributed by atoms with Gasteiger partial charge in [-0.3, -0.25) is 4.79 Å². The van der Waals surface area contributed by atoms with E-state index in [1.807, 2.05) is 38.1 Å². The van der Waals surface area contributed by atoms with E-state index in [2.05, 4.69) is 15.5 Å². The van der Waals surface area contributed by atoms with Gasteiger partial charge in [-0.15, -0.1) is 10.2 Å². The zero-order valence-electron chi connectivity index (χ0n) is 11.7. The molecule has 0 aliphatic carbocycles. The Balaban J connectivity index is 2.02. The summed E-state index contributed by atoms with van der Waals surface area (Å²) in [6.07, 6.45) is 0. The van der Waals surface area contributed by atoms with E-state index in [0.29, 0.717) is 11.8 Å². The van der Waals surface area contributed by atoms with Crippen molar-refractivity contribution in [3.63, 3.8) is 0 Å². The van der Waals surface area contributed by atoms with Crippen LogP contribution in [0.2, 0.25) is 0 Å². The van der Waals surface area contributed by atoms with Crippen LogP contribution in [0.15, 0.2) is 28.7 Å². The molecule has 0 unspecified atom stereocenters. The second-order valence-corrected chi connectivity index (χ2v) is 4.60. The van der Waals surface area contributed by atoms with Gasteiger partial charge >= 0.3 is 0 Å². The van der Waals surface area contributed by atoms with Crippen LogP contribution in [0.25, 0.3) is 11.5 Å². The number of nitrogens with zero attached hydrogens (tertiary/aromatic N) is 2. The fraction of sp³-hybridized carbons (Fsp3) is 0.357. The minimum absolute atomic E-state index is 0.0470. The van der Waals surface area contributed by atoms with Crippen LogP contribution in [0.5, 0.6) is 5.75 Å². The molecule has 0 spiro atoms. The Kier molecular flexibility index (Phi) is 4.34. The van der Waals surface area contributed by atoms with Crippen molar-refractivity contribution in [2.24, 2.45) is 5.92 Å². The van der Waals surface area contributed by atoms with E-state index in [9.17, 15) is 4.79 Å². The number of carbonyl (C=O) groups is 1. The number of rotatable bonds is 5. The molecule has 106 valence electrons. The Hall–Kier alpha value is -2.37. The maximum atomic E-state index is 11.4. The van der Waals surface area contributed by atoms with Gasteiger partial charge in [0.2, 0.25) is 17.7 Å². The Morgan fingerprint density at radius 1 is 1.30 bits per heavy atom. The highest BCUT2D eigenvalue weighted by Gasteiger charge is 2.11. The van der Waals surface area contributed by atoms with Crippen molar-refractivity contribution >= 4 is 5.91 Å².